The van der Waals surface area contributed by atoms with Gasteiger partial charge in [0.2, 0.25) is 11.8 Å². The molecule has 14 nitrogen and oxygen atoms in total. The van der Waals surface area contributed by atoms with E-state index in [1.165, 1.54) is 23.0 Å². The second-order valence-corrected chi connectivity index (χ2v) is 11.4. The van der Waals surface area contributed by atoms with Crippen molar-refractivity contribution in [2.75, 3.05) is 25.6 Å². The average Bonchev–Trinajstić information content (AvgIpc) is 3.52. The third-order valence-corrected chi connectivity index (χ3v) is 8.56. The Bertz CT molecular complexity index is 1530. The third kappa shape index (κ3) is 4.66. The van der Waals surface area contributed by atoms with Gasteiger partial charge < -0.3 is 24.7 Å². The Labute approximate surface area is 231 Å². The first kappa shape index (κ1) is 27.1. The van der Waals surface area contributed by atoms with Crippen LogP contribution in [0.5, 0.6) is 5.88 Å². The minimum Gasteiger partial charge on any atom is -0.476 e. The molecule has 3 aliphatic rings. The molecule has 0 unspecified atom stereocenters. The lowest BCUT2D eigenvalue weighted by Crippen LogP contribution is -2.42. The van der Waals surface area contributed by atoms with E-state index in [-0.39, 0.29) is 35.7 Å². The van der Waals surface area contributed by atoms with E-state index >= 15 is 0 Å². The molecule has 0 saturated carbocycles. The fourth-order valence-corrected chi connectivity index (χ4v) is 6.67. The van der Waals surface area contributed by atoms with Crippen molar-refractivity contribution in [2.24, 2.45) is 0 Å². The maximum absolute atomic E-state index is 13.5. The predicted octanol–water partition coefficient (Wildman–Crippen LogP) is 4.09. The molecule has 6 atom stereocenters. The molecule has 214 valence electrons. The number of benzene rings is 1. The summed E-state index contributed by atoms with van der Waals surface area (Å²) in [5, 5.41) is 0.121. The minimum atomic E-state index is -4.12. The molecule has 0 radical (unpaired) electrons. The number of fused-ring (bicyclic) bond motifs is 2. The highest BCUT2D eigenvalue weighted by Gasteiger charge is 2.64. The number of hydrogen-bond donors (Lipinski definition) is 1. The first-order chi connectivity index (χ1) is 19.1. The maximum atomic E-state index is 13.5. The van der Waals surface area contributed by atoms with Gasteiger partial charge in [0.25, 0.3) is 0 Å². The molecule has 3 fully saturated rings. The number of aromatic nitrogens is 4. The van der Waals surface area contributed by atoms with Gasteiger partial charge in [0, 0.05) is 17.0 Å². The molecule has 0 amide bonds. The van der Waals surface area contributed by atoms with Crippen molar-refractivity contribution in [1.29, 1.82) is 0 Å². The van der Waals surface area contributed by atoms with Gasteiger partial charge in [-0.1, -0.05) is 17.7 Å². The Morgan fingerprint density at radius 2 is 2.17 bits per heavy atom. The van der Waals surface area contributed by atoms with Gasteiger partial charge in [0.1, 0.15) is 11.9 Å². The van der Waals surface area contributed by atoms with Crippen LogP contribution in [0.4, 0.5) is 15.1 Å². The van der Waals surface area contributed by atoms with E-state index in [1.54, 1.807) is 13.8 Å². The zero-order valence-electron chi connectivity index (χ0n) is 21.2. The number of carbonyl (C=O) groups excluding carboxylic acids is 1. The van der Waals surface area contributed by atoms with E-state index in [9.17, 15) is 13.8 Å². The molecule has 2 aromatic heterocycles. The highest BCUT2D eigenvalue weighted by Crippen LogP contribution is 2.58. The summed E-state index contributed by atoms with van der Waals surface area (Å²) >= 11 is 6.16. The number of phosphoric acid groups is 1. The largest absolute Gasteiger partial charge is 0.509 e. The monoisotopic (exact) mass is 599 g/mol. The number of carbonyl (C=O) groups is 1. The zero-order chi connectivity index (χ0) is 28.2. The van der Waals surface area contributed by atoms with Gasteiger partial charge >= 0.3 is 14.0 Å². The van der Waals surface area contributed by atoms with E-state index in [1.807, 2.05) is 0 Å². The van der Waals surface area contributed by atoms with E-state index in [4.69, 9.17) is 49.9 Å². The first-order valence-corrected chi connectivity index (χ1v) is 14.1. The Morgan fingerprint density at radius 3 is 2.95 bits per heavy atom. The van der Waals surface area contributed by atoms with Crippen molar-refractivity contribution >= 4 is 42.7 Å². The Hall–Kier alpha value is -3.07. The number of nitrogens with two attached hydrogens (primary N) is 1. The van der Waals surface area contributed by atoms with Crippen LogP contribution >= 0.6 is 19.4 Å². The summed E-state index contributed by atoms with van der Waals surface area (Å²) in [5.74, 6) is -0.389. The topological polar surface area (TPSA) is 168 Å². The summed E-state index contributed by atoms with van der Waals surface area (Å²) in [7, 11) is -4.12. The molecule has 0 bridgehead atoms. The molecule has 5 heterocycles. The number of rotatable bonds is 7. The molecule has 40 heavy (non-hydrogen) atoms. The summed E-state index contributed by atoms with van der Waals surface area (Å²) in [6.07, 6.45) is -2.85. The number of anilines is 1. The van der Waals surface area contributed by atoms with Crippen LogP contribution in [0.25, 0.3) is 11.2 Å². The van der Waals surface area contributed by atoms with Gasteiger partial charge in [-0.05, 0) is 26.0 Å². The molecule has 0 aliphatic carbocycles. The van der Waals surface area contributed by atoms with Gasteiger partial charge in [-0.3, -0.25) is 18.1 Å². The summed E-state index contributed by atoms with van der Waals surface area (Å²) < 4.78 is 67.7. The van der Waals surface area contributed by atoms with Crippen LogP contribution in [0.1, 0.15) is 38.2 Å². The normalized spacial score (nSPS) is 31.6. The number of ether oxygens (including phenoxy) is 4. The molecule has 1 aromatic carbocycles. The molecule has 6 rings (SSSR count). The molecule has 3 aromatic rings. The standard InChI is InChI=1S/C23H24ClFN5O9P/c1-3-33-19-16-18(28-21(26)29-19)30(10-27-16)20-23(2)17(37-22(31)38-23)15(36-20)9-35-40(32)34-7-6-14(39-40)12-5-4-11(25)8-13(12)24/h4-5,8,10,14-15,17,20H,3,6-7,9H2,1-2H3,(H2,26,28,29)/t14-,15-,17-,20-,23-,40+/m1/s1. The lowest BCUT2D eigenvalue weighted by Gasteiger charge is -2.30. The molecule has 3 saturated heterocycles. The molecule has 17 heteroatoms. The lowest BCUT2D eigenvalue weighted by atomic mass is 9.96. The van der Waals surface area contributed by atoms with Crippen molar-refractivity contribution in [3.63, 3.8) is 0 Å². The van der Waals surface area contributed by atoms with Gasteiger partial charge in [-0.15, -0.1) is 0 Å². The molecular formula is C23H24ClFN5O9P. The fourth-order valence-electron chi connectivity index (χ4n) is 4.99. The van der Waals surface area contributed by atoms with Crippen molar-refractivity contribution < 1.29 is 46.3 Å². The maximum Gasteiger partial charge on any atom is 0.509 e. The Morgan fingerprint density at radius 1 is 1.35 bits per heavy atom. The highest BCUT2D eigenvalue weighted by molar-refractivity contribution is 7.48. The quantitative estimate of drug-likeness (QED) is 0.305. The van der Waals surface area contributed by atoms with E-state index in [0.29, 0.717) is 24.1 Å². The van der Waals surface area contributed by atoms with Gasteiger partial charge in [0.15, 0.2) is 29.1 Å². The zero-order valence-corrected chi connectivity index (χ0v) is 22.8. The van der Waals surface area contributed by atoms with Crippen molar-refractivity contribution in [3.05, 3.63) is 40.9 Å². The summed E-state index contributed by atoms with van der Waals surface area (Å²) in [5.41, 5.74) is 5.58. The number of phosphoric ester groups is 1. The van der Waals surface area contributed by atoms with Crippen LogP contribution in [-0.4, -0.2) is 63.3 Å². The highest BCUT2D eigenvalue weighted by atomic mass is 35.5. The van der Waals surface area contributed by atoms with Crippen molar-refractivity contribution in [3.8, 4) is 5.88 Å². The molecule has 0 spiro atoms. The van der Waals surface area contributed by atoms with E-state index in [2.05, 4.69) is 15.0 Å². The minimum absolute atomic E-state index is 0.0351. The number of imidazole rings is 1. The fraction of sp³-hybridized carbons (Fsp3) is 0.478. The summed E-state index contributed by atoms with van der Waals surface area (Å²) in [4.78, 5) is 24.9. The van der Waals surface area contributed by atoms with Crippen LogP contribution < -0.4 is 10.5 Å². The summed E-state index contributed by atoms with van der Waals surface area (Å²) in [6.45, 7) is 3.40. The molecule has 2 N–H and O–H groups in total. The number of hydrogen-bond acceptors (Lipinski definition) is 13. The Balaban J connectivity index is 1.24. The van der Waals surface area contributed by atoms with Gasteiger partial charge in [-0.25, -0.2) is 18.7 Å². The van der Waals surface area contributed by atoms with Gasteiger partial charge in [0.05, 0.1) is 32.3 Å². The van der Waals surface area contributed by atoms with Gasteiger partial charge in [-0.2, -0.15) is 9.97 Å². The second-order valence-electron chi connectivity index (χ2n) is 9.37. The number of nitrogens with zero attached hydrogens (tertiary/aromatic N) is 4. The smallest absolute Gasteiger partial charge is 0.476 e. The predicted molar refractivity (Wildman–Crippen MR) is 134 cm³/mol. The van der Waals surface area contributed by atoms with Crippen LogP contribution in [-0.2, 0) is 32.3 Å². The van der Waals surface area contributed by atoms with Crippen LogP contribution in [0, 0.1) is 5.82 Å². The van der Waals surface area contributed by atoms with Crippen molar-refractivity contribution in [1.82, 2.24) is 19.5 Å². The van der Waals surface area contributed by atoms with Crippen LogP contribution in [0.15, 0.2) is 24.5 Å². The van der Waals surface area contributed by atoms with Crippen LogP contribution in [0.3, 0.4) is 0 Å². The number of halogens is 2. The average molecular weight is 600 g/mol. The van der Waals surface area contributed by atoms with Crippen LogP contribution in [0.2, 0.25) is 5.02 Å². The molecule has 3 aliphatic heterocycles. The summed E-state index contributed by atoms with van der Waals surface area (Å²) in [6, 6.07) is 3.81. The second kappa shape index (κ2) is 10.1. The van der Waals surface area contributed by atoms with Crippen molar-refractivity contribution in [2.45, 2.75) is 50.4 Å². The lowest BCUT2D eigenvalue weighted by molar-refractivity contribution is -0.0925. The SMILES string of the molecule is CCOc1nc(N)nc2c1ncn2[C@@H]1O[C@H](CO[P@]2(=O)OCC[C@H](c3ccc(F)cc3Cl)O2)[C@H]2OC(=O)O[C@]21C. The number of nitrogen functional groups attached to an aromatic ring is 1. The Kier molecular flexibility index (Phi) is 6.84. The van der Waals surface area contributed by atoms with E-state index in [0.717, 1.165) is 6.07 Å². The molecular weight excluding hydrogens is 576 g/mol. The van der Waals surface area contributed by atoms with E-state index < -0.39 is 49.9 Å². The first-order valence-electron chi connectivity index (χ1n) is 12.3. The third-order valence-electron chi connectivity index (χ3n) is 6.76.